The van der Waals surface area contributed by atoms with Crippen molar-refractivity contribution in [1.82, 2.24) is 15.1 Å². The van der Waals surface area contributed by atoms with E-state index in [1.165, 1.54) is 6.07 Å². The van der Waals surface area contributed by atoms with Gasteiger partial charge in [0.05, 0.1) is 38.2 Å². The molecular formula is C23H29N3O4. The van der Waals surface area contributed by atoms with Crippen LogP contribution in [0.1, 0.15) is 44.0 Å². The summed E-state index contributed by atoms with van der Waals surface area (Å²) in [5.74, 6) is -0.274. The molecule has 1 N–H and O–H groups in total. The van der Waals surface area contributed by atoms with Crippen LogP contribution in [0.3, 0.4) is 0 Å². The summed E-state index contributed by atoms with van der Waals surface area (Å²) in [6.45, 7) is 1.02. The number of aryl methyl sites for hydroxylation is 3. The second kappa shape index (κ2) is 8.49. The highest BCUT2D eigenvalue weighted by atomic mass is 16.6. The van der Waals surface area contributed by atoms with Gasteiger partial charge in [0.1, 0.15) is 6.10 Å². The van der Waals surface area contributed by atoms with Gasteiger partial charge in [0, 0.05) is 34.6 Å². The number of carbonyl (C=O) groups excluding carboxylic acids is 1. The first-order chi connectivity index (χ1) is 15.9. The van der Waals surface area contributed by atoms with Crippen molar-refractivity contribution in [2.24, 2.45) is 0 Å². The van der Waals surface area contributed by atoms with Gasteiger partial charge in [0.15, 0.2) is 0 Å². The maximum atomic E-state index is 12.8. The van der Waals surface area contributed by atoms with Crippen molar-refractivity contribution in [3.8, 4) is 11.3 Å². The van der Waals surface area contributed by atoms with Gasteiger partial charge < -0.3 is 19.5 Å². The van der Waals surface area contributed by atoms with Crippen LogP contribution in [-0.2, 0) is 33.6 Å². The summed E-state index contributed by atoms with van der Waals surface area (Å²) in [4.78, 5) is 12.8. The van der Waals surface area contributed by atoms with Gasteiger partial charge >= 0.3 is 0 Å². The number of hydrogen-bond donors (Lipinski definition) is 1. The molecule has 30 heavy (non-hydrogen) atoms. The fourth-order valence-electron chi connectivity index (χ4n) is 4.49. The van der Waals surface area contributed by atoms with Crippen LogP contribution < -0.4 is 5.32 Å². The van der Waals surface area contributed by atoms with Gasteiger partial charge in [-0.2, -0.15) is 5.10 Å². The first kappa shape index (κ1) is 16.5. The molecule has 7 heteroatoms. The molecule has 2 aliphatic heterocycles. The van der Waals surface area contributed by atoms with Crippen LogP contribution >= 0.6 is 0 Å². The third-order valence-electron chi connectivity index (χ3n) is 6.01. The average molecular weight is 415 g/mol. The van der Waals surface area contributed by atoms with E-state index in [1.807, 2.05) is 16.9 Å². The highest BCUT2D eigenvalue weighted by Gasteiger charge is 2.25. The van der Waals surface area contributed by atoms with E-state index in [0.717, 1.165) is 37.0 Å². The molecule has 3 heterocycles. The van der Waals surface area contributed by atoms with Crippen LogP contribution in [0.2, 0.25) is 0 Å². The Balaban J connectivity index is 1.44. The normalized spacial score (nSPS) is 25.0. The van der Waals surface area contributed by atoms with Crippen molar-refractivity contribution < 1.29 is 23.1 Å². The average Bonchev–Trinajstić information content (AvgIpc) is 3.46. The molecular weight excluding hydrogens is 382 g/mol. The molecule has 0 bridgehead atoms. The summed E-state index contributed by atoms with van der Waals surface area (Å²) in [5.41, 5.74) is 3.72. The monoisotopic (exact) mass is 414 g/mol. The number of rotatable bonds is 5. The molecule has 2 aromatic rings. The largest absolute Gasteiger partial charge is 0.376 e. The molecule has 0 radical (unpaired) electrons. The highest BCUT2D eigenvalue weighted by molar-refractivity contribution is 5.95. The summed E-state index contributed by atoms with van der Waals surface area (Å²) in [7, 11) is 0. The van der Waals surface area contributed by atoms with Crippen LogP contribution in [0.4, 0.5) is 0 Å². The molecule has 2 atom stereocenters. The maximum Gasteiger partial charge on any atom is 0.251 e. The van der Waals surface area contributed by atoms with E-state index in [2.05, 4.69) is 5.32 Å². The van der Waals surface area contributed by atoms with Crippen LogP contribution in [-0.4, -0.2) is 60.9 Å². The van der Waals surface area contributed by atoms with E-state index in [-0.39, 0.29) is 23.7 Å². The summed E-state index contributed by atoms with van der Waals surface area (Å²) >= 11 is 0. The molecule has 2 fully saturated rings. The lowest BCUT2D eigenvalue weighted by molar-refractivity contribution is -0.0946. The van der Waals surface area contributed by atoms with Crippen molar-refractivity contribution in [2.75, 3.05) is 33.0 Å². The Morgan fingerprint density at radius 1 is 1.23 bits per heavy atom. The van der Waals surface area contributed by atoms with Gasteiger partial charge in [0.2, 0.25) is 0 Å². The number of ether oxygens (including phenoxy) is 3. The second-order valence-corrected chi connectivity index (χ2v) is 8.20. The Hall–Kier alpha value is -2.22. The number of benzene rings is 1. The lowest BCUT2D eigenvalue weighted by Gasteiger charge is -2.22. The number of nitrogens with one attached hydrogen (secondary N) is 1. The van der Waals surface area contributed by atoms with Crippen molar-refractivity contribution in [3.63, 3.8) is 0 Å². The van der Waals surface area contributed by atoms with E-state index in [9.17, 15) is 4.79 Å². The molecule has 1 amide bonds. The van der Waals surface area contributed by atoms with Crippen LogP contribution in [0.5, 0.6) is 0 Å². The van der Waals surface area contributed by atoms with Crippen molar-refractivity contribution in [2.45, 2.75) is 51.3 Å². The standard InChI is InChI=1S/C23H29N3O4/c1-15-9-18(23(27)24-11-19-3-2-6-29-19)10-16-4-5-17-12-26(25-22(17)21(15)16)13-20-14-28-7-8-30-20/h9-10,12,19-20H,2-8,11,13-14H2,1H3,(H,24,27)/t19-,20-/m0/s1/i1D3. The van der Waals surface area contributed by atoms with E-state index >= 15 is 0 Å². The third kappa shape index (κ3) is 4.02. The lowest BCUT2D eigenvalue weighted by atomic mass is 9.86. The van der Waals surface area contributed by atoms with E-state index in [4.69, 9.17) is 23.4 Å². The minimum absolute atomic E-state index is 0.0266. The Labute approximate surface area is 180 Å². The summed E-state index contributed by atoms with van der Waals surface area (Å²) < 4.78 is 43.1. The molecule has 160 valence electrons. The topological polar surface area (TPSA) is 74.6 Å². The van der Waals surface area contributed by atoms with Crippen LogP contribution in [0.25, 0.3) is 11.3 Å². The quantitative estimate of drug-likeness (QED) is 0.813. The molecule has 1 aliphatic carbocycles. The first-order valence-electron chi connectivity index (χ1n) is 12.2. The Morgan fingerprint density at radius 2 is 2.13 bits per heavy atom. The summed E-state index contributed by atoms with van der Waals surface area (Å²) in [6.07, 6.45) is 5.25. The molecule has 0 unspecified atom stereocenters. The maximum absolute atomic E-state index is 12.8. The highest BCUT2D eigenvalue weighted by Crippen LogP contribution is 2.35. The lowest BCUT2D eigenvalue weighted by Crippen LogP contribution is -2.32. The summed E-state index contributed by atoms with van der Waals surface area (Å²) in [5, 5.41) is 7.64. The van der Waals surface area contributed by atoms with Crippen LogP contribution in [0.15, 0.2) is 18.3 Å². The fourth-order valence-corrected chi connectivity index (χ4v) is 4.49. The molecule has 3 aliphatic rings. The van der Waals surface area contributed by atoms with Crippen molar-refractivity contribution >= 4 is 5.91 Å². The molecule has 1 aromatic carbocycles. The predicted molar refractivity (Wildman–Crippen MR) is 112 cm³/mol. The smallest absolute Gasteiger partial charge is 0.251 e. The number of carbonyl (C=O) groups is 1. The minimum atomic E-state index is -2.37. The molecule has 0 spiro atoms. The summed E-state index contributed by atoms with van der Waals surface area (Å²) in [6, 6.07) is 3.32. The third-order valence-corrected chi connectivity index (χ3v) is 6.01. The molecule has 5 rings (SSSR count). The number of amides is 1. The number of fused-ring (bicyclic) bond motifs is 3. The Morgan fingerprint density at radius 3 is 2.93 bits per heavy atom. The first-order valence-corrected chi connectivity index (χ1v) is 10.7. The zero-order valence-electron chi connectivity index (χ0n) is 20.0. The molecule has 0 saturated carbocycles. The SMILES string of the molecule is [2H]C([2H])([2H])c1cc(C(=O)NC[C@@H]2CCCO2)cc2c1-c1nn(C[C@H]3COCCO3)cc1CC2. The van der Waals surface area contributed by atoms with Gasteiger partial charge in [-0.05, 0) is 61.4 Å². The van der Waals surface area contributed by atoms with Gasteiger partial charge in [-0.15, -0.1) is 0 Å². The van der Waals surface area contributed by atoms with Crippen molar-refractivity contribution in [1.29, 1.82) is 0 Å². The van der Waals surface area contributed by atoms with Gasteiger partial charge in [0.25, 0.3) is 5.91 Å². The Bertz CT molecular complexity index is 1020. The second-order valence-electron chi connectivity index (χ2n) is 8.20. The van der Waals surface area contributed by atoms with Gasteiger partial charge in [-0.1, -0.05) is 0 Å². The van der Waals surface area contributed by atoms with Gasteiger partial charge in [-0.3, -0.25) is 9.48 Å². The Kier molecular flexibility index (Phi) is 4.66. The van der Waals surface area contributed by atoms with E-state index in [0.29, 0.717) is 56.2 Å². The molecule has 7 nitrogen and oxygen atoms in total. The minimum Gasteiger partial charge on any atom is -0.376 e. The molecule has 1 aromatic heterocycles. The van der Waals surface area contributed by atoms with Crippen molar-refractivity contribution in [3.05, 3.63) is 40.6 Å². The number of aromatic nitrogens is 2. The number of hydrogen-bond acceptors (Lipinski definition) is 5. The van der Waals surface area contributed by atoms with E-state index < -0.39 is 6.85 Å². The van der Waals surface area contributed by atoms with Gasteiger partial charge in [-0.25, -0.2) is 0 Å². The predicted octanol–water partition coefficient (Wildman–Crippen LogP) is 2.28. The fraction of sp³-hybridized carbons (Fsp3) is 0.565. The van der Waals surface area contributed by atoms with E-state index in [1.54, 1.807) is 0 Å². The zero-order chi connectivity index (χ0) is 23.0. The number of nitrogens with zero attached hydrogens (tertiary/aromatic N) is 2. The van der Waals surface area contributed by atoms with Crippen LogP contribution in [0, 0.1) is 6.85 Å². The zero-order valence-corrected chi connectivity index (χ0v) is 17.0. The molecule has 2 saturated heterocycles.